The summed E-state index contributed by atoms with van der Waals surface area (Å²) in [6, 6.07) is 2.38. The van der Waals surface area contributed by atoms with E-state index in [0.717, 1.165) is 12.1 Å². The molecule has 5 nitrogen and oxygen atoms in total. The van der Waals surface area contributed by atoms with Crippen molar-refractivity contribution in [2.24, 2.45) is 5.92 Å². The Hall–Kier alpha value is -2.12. The number of nitro groups is 1. The number of anilines is 1. The number of carbonyl (C=O) groups excluding carboxylic acids is 1. The Bertz CT molecular complexity index is 529. The van der Waals surface area contributed by atoms with E-state index in [9.17, 15) is 28.1 Å². The van der Waals surface area contributed by atoms with Gasteiger partial charge in [0, 0.05) is 17.7 Å². The molecule has 1 unspecified atom stereocenters. The van der Waals surface area contributed by atoms with Crippen LogP contribution in [-0.2, 0) is 11.0 Å². The first kappa shape index (κ1) is 15.9. The van der Waals surface area contributed by atoms with Crippen LogP contribution in [0.2, 0.25) is 0 Å². The number of carbonyl (C=O) groups is 1. The molecule has 0 fully saturated rings. The summed E-state index contributed by atoms with van der Waals surface area (Å²) in [6.07, 6.45) is -4.33. The van der Waals surface area contributed by atoms with Crippen molar-refractivity contribution in [2.75, 3.05) is 5.32 Å². The van der Waals surface area contributed by atoms with Crippen LogP contribution in [0, 0.1) is 16.0 Å². The third-order valence-electron chi connectivity index (χ3n) is 2.83. The normalized spacial score (nSPS) is 12.8. The summed E-state index contributed by atoms with van der Waals surface area (Å²) in [5.74, 6) is -0.797. The van der Waals surface area contributed by atoms with Gasteiger partial charge < -0.3 is 5.32 Å². The third-order valence-corrected chi connectivity index (χ3v) is 2.83. The lowest BCUT2D eigenvalue weighted by Crippen LogP contribution is -2.20. The average molecular weight is 290 g/mol. The summed E-state index contributed by atoms with van der Waals surface area (Å²) in [5, 5.41) is 12.9. The van der Waals surface area contributed by atoms with Crippen LogP contribution in [0.1, 0.15) is 25.8 Å². The highest BCUT2D eigenvalue weighted by Crippen LogP contribution is 2.37. The molecule has 1 aromatic rings. The van der Waals surface area contributed by atoms with Crippen molar-refractivity contribution in [1.29, 1.82) is 0 Å². The molecule has 0 aromatic heterocycles. The van der Waals surface area contributed by atoms with Gasteiger partial charge in [-0.15, -0.1) is 0 Å². The topological polar surface area (TPSA) is 72.2 Å². The highest BCUT2D eigenvalue weighted by Gasteiger charge is 2.38. The molecule has 1 amide bonds. The molecule has 0 spiro atoms. The Morgan fingerprint density at radius 1 is 1.45 bits per heavy atom. The molecule has 110 valence electrons. The summed E-state index contributed by atoms with van der Waals surface area (Å²) in [7, 11) is 0. The van der Waals surface area contributed by atoms with Gasteiger partial charge in [-0.1, -0.05) is 13.8 Å². The number of hydrogen-bond acceptors (Lipinski definition) is 3. The SMILES string of the molecule is CCC(C)C(=O)Nc1ccc([N+](=O)[O-])c(C(F)(F)F)c1. The second-order valence-corrected chi connectivity index (χ2v) is 4.29. The fourth-order valence-corrected chi connectivity index (χ4v) is 1.45. The maximum Gasteiger partial charge on any atom is 0.423 e. The van der Waals surface area contributed by atoms with Crippen LogP contribution in [0.25, 0.3) is 0 Å². The maximum absolute atomic E-state index is 12.7. The molecular formula is C12H13F3N2O3. The van der Waals surface area contributed by atoms with Gasteiger partial charge in [0.1, 0.15) is 5.56 Å². The molecule has 20 heavy (non-hydrogen) atoms. The van der Waals surface area contributed by atoms with Gasteiger partial charge in [-0.25, -0.2) is 0 Å². The molecule has 1 atom stereocenters. The van der Waals surface area contributed by atoms with Crippen molar-refractivity contribution in [1.82, 2.24) is 0 Å². The van der Waals surface area contributed by atoms with Crippen molar-refractivity contribution < 1.29 is 22.9 Å². The Labute approximate surface area is 112 Å². The lowest BCUT2D eigenvalue weighted by Gasteiger charge is -2.12. The Balaban J connectivity index is 3.14. The van der Waals surface area contributed by atoms with Crippen molar-refractivity contribution in [3.63, 3.8) is 0 Å². The van der Waals surface area contributed by atoms with E-state index in [1.54, 1.807) is 13.8 Å². The van der Waals surface area contributed by atoms with Gasteiger partial charge >= 0.3 is 6.18 Å². The van der Waals surface area contributed by atoms with E-state index < -0.39 is 28.3 Å². The first-order valence-corrected chi connectivity index (χ1v) is 5.83. The number of amides is 1. The minimum absolute atomic E-state index is 0.117. The molecule has 0 aliphatic rings. The first-order chi connectivity index (χ1) is 9.16. The zero-order valence-corrected chi connectivity index (χ0v) is 10.8. The fraction of sp³-hybridized carbons (Fsp3) is 0.417. The molecule has 1 N–H and O–H groups in total. The van der Waals surface area contributed by atoms with Gasteiger partial charge in [-0.2, -0.15) is 13.2 Å². The van der Waals surface area contributed by atoms with Gasteiger partial charge in [0.2, 0.25) is 5.91 Å². The van der Waals surface area contributed by atoms with Crippen LogP contribution < -0.4 is 5.32 Å². The smallest absolute Gasteiger partial charge is 0.326 e. The van der Waals surface area contributed by atoms with Crippen molar-refractivity contribution in [3.8, 4) is 0 Å². The van der Waals surface area contributed by atoms with Crippen molar-refractivity contribution in [3.05, 3.63) is 33.9 Å². The first-order valence-electron chi connectivity index (χ1n) is 5.83. The lowest BCUT2D eigenvalue weighted by atomic mass is 10.1. The van der Waals surface area contributed by atoms with Crippen LogP contribution >= 0.6 is 0 Å². The molecule has 0 aliphatic heterocycles. The number of benzene rings is 1. The van der Waals surface area contributed by atoms with Crippen LogP contribution in [0.3, 0.4) is 0 Å². The summed E-state index contributed by atoms with van der Waals surface area (Å²) >= 11 is 0. The van der Waals surface area contributed by atoms with E-state index in [4.69, 9.17) is 0 Å². The molecule has 8 heteroatoms. The standard InChI is InChI=1S/C12H13F3N2O3/c1-3-7(2)11(18)16-8-4-5-10(17(19)20)9(6-8)12(13,14)15/h4-7H,3H2,1-2H3,(H,16,18). The van der Waals surface area contributed by atoms with E-state index in [0.29, 0.717) is 12.5 Å². The predicted molar refractivity (Wildman–Crippen MR) is 66.2 cm³/mol. The Morgan fingerprint density at radius 3 is 2.50 bits per heavy atom. The molecule has 0 aliphatic carbocycles. The quantitative estimate of drug-likeness (QED) is 0.680. The van der Waals surface area contributed by atoms with E-state index in [1.165, 1.54) is 0 Å². The van der Waals surface area contributed by atoms with Gasteiger partial charge in [0.25, 0.3) is 5.69 Å². The number of halogens is 3. The zero-order valence-electron chi connectivity index (χ0n) is 10.8. The number of nitrogens with one attached hydrogen (secondary N) is 1. The minimum atomic E-state index is -4.86. The minimum Gasteiger partial charge on any atom is -0.326 e. The molecule has 0 heterocycles. The largest absolute Gasteiger partial charge is 0.423 e. The number of alkyl halides is 3. The summed E-state index contributed by atoms with van der Waals surface area (Å²) in [6.45, 7) is 3.40. The molecule has 0 saturated carbocycles. The van der Waals surface area contributed by atoms with Gasteiger partial charge in [-0.05, 0) is 18.6 Å². The summed E-state index contributed by atoms with van der Waals surface area (Å²) in [5.41, 5.74) is -2.54. The predicted octanol–water partition coefficient (Wildman–Crippen LogP) is 3.60. The number of rotatable bonds is 4. The Morgan fingerprint density at radius 2 is 2.05 bits per heavy atom. The molecule has 0 radical (unpaired) electrons. The van der Waals surface area contributed by atoms with E-state index >= 15 is 0 Å². The lowest BCUT2D eigenvalue weighted by molar-refractivity contribution is -0.388. The molecule has 0 saturated heterocycles. The summed E-state index contributed by atoms with van der Waals surface area (Å²) in [4.78, 5) is 21.1. The van der Waals surface area contributed by atoms with Crippen LogP contribution in [0.15, 0.2) is 18.2 Å². The van der Waals surface area contributed by atoms with Gasteiger partial charge in [0.05, 0.1) is 4.92 Å². The number of hydrogen-bond donors (Lipinski definition) is 1. The highest BCUT2D eigenvalue weighted by atomic mass is 19.4. The van der Waals surface area contributed by atoms with Crippen molar-refractivity contribution in [2.45, 2.75) is 26.4 Å². The van der Waals surface area contributed by atoms with Crippen LogP contribution in [0.5, 0.6) is 0 Å². The van der Waals surface area contributed by atoms with E-state index in [1.807, 2.05) is 0 Å². The van der Waals surface area contributed by atoms with E-state index in [-0.39, 0.29) is 11.6 Å². The summed E-state index contributed by atoms with van der Waals surface area (Å²) < 4.78 is 38.2. The van der Waals surface area contributed by atoms with Gasteiger partial charge in [0.15, 0.2) is 0 Å². The number of nitro benzene ring substituents is 1. The third kappa shape index (κ3) is 3.69. The number of nitrogens with zero attached hydrogens (tertiary/aromatic N) is 1. The molecular weight excluding hydrogens is 277 g/mol. The highest BCUT2D eigenvalue weighted by molar-refractivity contribution is 5.92. The average Bonchev–Trinajstić information content (AvgIpc) is 2.36. The fourth-order valence-electron chi connectivity index (χ4n) is 1.45. The van der Waals surface area contributed by atoms with Gasteiger partial charge in [-0.3, -0.25) is 14.9 Å². The molecule has 1 aromatic carbocycles. The van der Waals surface area contributed by atoms with Crippen molar-refractivity contribution >= 4 is 17.3 Å². The van der Waals surface area contributed by atoms with Crippen LogP contribution in [0.4, 0.5) is 24.5 Å². The van der Waals surface area contributed by atoms with Crippen LogP contribution in [-0.4, -0.2) is 10.8 Å². The zero-order chi connectivity index (χ0) is 15.5. The second kappa shape index (κ2) is 5.89. The molecule has 0 bridgehead atoms. The monoisotopic (exact) mass is 290 g/mol. The maximum atomic E-state index is 12.7. The second-order valence-electron chi connectivity index (χ2n) is 4.29. The van der Waals surface area contributed by atoms with E-state index in [2.05, 4.69) is 5.32 Å². The molecule has 1 rings (SSSR count). The Kier molecular flexibility index (Phi) is 4.69.